The van der Waals surface area contributed by atoms with Gasteiger partial charge in [0.25, 0.3) is 0 Å². The van der Waals surface area contributed by atoms with Crippen LogP contribution in [0.2, 0.25) is 0 Å². The van der Waals surface area contributed by atoms with Crippen LogP contribution in [0.1, 0.15) is 35.3 Å². The normalized spacial score (nSPS) is 13.1. The summed E-state index contributed by atoms with van der Waals surface area (Å²) in [6.45, 7) is 3.56. The molecule has 21 heavy (non-hydrogen) atoms. The molecular weight excluding hydrogens is 283 g/mol. The molecule has 0 fully saturated rings. The van der Waals surface area contributed by atoms with Crippen molar-refractivity contribution in [2.75, 3.05) is 0 Å². The topological polar surface area (TPSA) is 64.9 Å². The SMILES string of the molecule is C=CCC(N)c1nc(Cc2cccc(C(F)(F)F)c2)no1. The molecule has 0 radical (unpaired) electrons. The molecular formula is C14H14F3N3O. The molecule has 1 atom stereocenters. The number of halogens is 3. The molecule has 0 saturated carbocycles. The van der Waals surface area contributed by atoms with E-state index in [1.165, 1.54) is 6.07 Å². The maximum Gasteiger partial charge on any atom is 0.416 e. The van der Waals surface area contributed by atoms with Gasteiger partial charge >= 0.3 is 6.18 Å². The van der Waals surface area contributed by atoms with Crippen molar-refractivity contribution in [3.05, 3.63) is 59.8 Å². The lowest BCUT2D eigenvalue weighted by atomic mass is 10.1. The van der Waals surface area contributed by atoms with Crippen molar-refractivity contribution < 1.29 is 17.7 Å². The van der Waals surface area contributed by atoms with Crippen LogP contribution in [-0.2, 0) is 12.6 Å². The average molecular weight is 297 g/mol. The molecule has 0 amide bonds. The number of alkyl halides is 3. The quantitative estimate of drug-likeness (QED) is 0.860. The molecule has 0 spiro atoms. The summed E-state index contributed by atoms with van der Waals surface area (Å²) >= 11 is 0. The summed E-state index contributed by atoms with van der Waals surface area (Å²) in [7, 11) is 0. The Morgan fingerprint density at radius 2 is 2.14 bits per heavy atom. The van der Waals surface area contributed by atoms with Crippen LogP contribution in [0.5, 0.6) is 0 Å². The van der Waals surface area contributed by atoms with E-state index < -0.39 is 17.8 Å². The lowest BCUT2D eigenvalue weighted by molar-refractivity contribution is -0.137. The molecule has 4 nitrogen and oxygen atoms in total. The minimum atomic E-state index is -4.37. The predicted molar refractivity (Wildman–Crippen MR) is 70.3 cm³/mol. The molecule has 2 N–H and O–H groups in total. The fourth-order valence-corrected chi connectivity index (χ4v) is 1.81. The smallest absolute Gasteiger partial charge is 0.338 e. The molecule has 0 aliphatic heterocycles. The van der Waals surface area contributed by atoms with Gasteiger partial charge in [-0.25, -0.2) is 0 Å². The van der Waals surface area contributed by atoms with Gasteiger partial charge in [-0.05, 0) is 18.1 Å². The van der Waals surface area contributed by atoms with E-state index in [9.17, 15) is 13.2 Å². The average Bonchev–Trinajstić information content (AvgIpc) is 2.87. The summed E-state index contributed by atoms with van der Waals surface area (Å²) in [6, 6.07) is 4.56. The van der Waals surface area contributed by atoms with Crippen LogP contribution in [0.15, 0.2) is 41.4 Å². The van der Waals surface area contributed by atoms with Crippen LogP contribution in [-0.4, -0.2) is 10.1 Å². The number of nitrogens with two attached hydrogens (primary N) is 1. The Balaban J connectivity index is 2.14. The number of aromatic nitrogens is 2. The zero-order valence-electron chi connectivity index (χ0n) is 11.1. The standard InChI is InChI=1S/C14H14F3N3O/c1-2-4-11(18)13-19-12(20-21-13)8-9-5-3-6-10(7-9)14(15,16)17/h2-3,5-7,11H,1,4,8,18H2. The van der Waals surface area contributed by atoms with Crippen molar-refractivity contribution in [3.63, 3.8) is 0 Å². The predicted octanol–water partition coefficient (Wildman–Crippen LogP) is 3.26. The number of nitrogens with zero attached hydrogens (tertiary/aromatic N) is 2. The van der Waals surface area contributed by atoms with Gasteiger partial charge in [-0.2, -0.15) is 18.2 Å². The van der Waals surface area contributed by atoms with Gasteiger partial charge in [-0.15, -0.1) is 6.58 Å². The van der Waals surface area contributed by atoms with Gasteiger partial charge < -0.3 is 10.3 Å². The number of hydrogen-bond donors (Lipinski definition) is 1. The summed E-state index contributed by atoms with van der Waals surface area (Å²) in [6.07, 6.45) is -2.12. The molecule has 0 saturated heterocycles. The van der Waals surface area contributed by atoms with E-state index >= 15 is 0 Å². The van der Waals surface area contributed by atoms with Crippen molar-refractivity contribution in [1.29, 1.82) is 0 Å². The van der Waals surface area contributed by atoms with E-state index in [4.69, 9.17) is 10.3 Å². The van der Waals surface area contributed by atoms with Crippen LogP contribution >= 0.6 is 0 Å². The second-order valence-electron chi connectivity index (χ2n) is 4.55. The molecule has 2 rings (SSSR count). The Morgan fingerprint density at radius 3 is 2.81 bits per heavy atom. The Bertz CT molecular complexity index is 622. The highest BCUT2D eigenvalue weighted by Gasteiger charge is 2.30. The Morgan fingerprint density at radius 1 is 1.38 bits per heavy atom. The Hall–Kier alpha value is -2.15. The van der Waals surface area contributed by atoms with Gasteiger partial charge in [0.1, 0.15) is 0 Å². The highest BCUT2D eigenvalue weighted by atomic mass is 19.4. The number of rotatable bonds is 5. The van der Waals surface area contributed by atoms with Crippen molar-refractivity contribution in [3.8, 4) is 0 Å². The first kappa shape index (κ1) is 15.2. The molecule has 1 heterocycles. The molecule has 112 valence electrons. The lowest BCUT2D eigenvalue weighted by Crippen LogP contribution is -2.09. The van der Waals surface area contributed by atoms with Gasteiger partial charge in [-0.1, -0.05) is 29.4 Å². The molecule has 1 aromatic heterocycles. The van der Waals surface area contributed by atoms with Crippen LogP contribution in [0.3, 0.4) is 0 Å². The van der Waals surface area contributed by atoms with Crippen LogP contribution < -0.4 is 5.73 Å². The summed E-state index contributed by atoms with van der Waals surface area (Å²) in [5.74, 6) is 0.542. The van der Waals surface area contributed by atoms with Crippen LogP contribution in [0.4, 0.5) is 13.2 Å². The third kappa shape index (κ3) is 3.91. The largest absolute Gasteiger partial charge is 0.416 e. The van der Waals surface area contributed by atoms with Crippen molar-refractivity contribution >= 4 is 0 Å². The minimum absolute atomic E-state index is 0.147. The number of benzene rings is 1. The Kier molecular flexibility index (Phi) is 4.42. The van der Waals surface area contributed by atoms with Gasteiger partial charge in [0.15, 0.2) is 5.82 Å². The molecule has 0 aliphatic rings. The summed E-state index contributed by atoms with van der Waals surface area (Å²) in [5, 5.41) is 3.72. The van der Waals surface area contributed by atoms with E-state index in [1.807, 2.05) is 0 Å². The second kappa shape index (κ2) is 6.09. The van der Waals surface area contributed by atoms with E-state index in [-0.39, 0.29) is 12.3 Å². The minimum Gasteiger partial charge on any atom is -0.338 e. The summed E-state index contributed by atoms with van der Waals surface area (Å²) in [5.41, 5.74) is 5.53. The first-order chi connectivity index (χ1) is 9.90. The van der Waals surface area contributed by atoms with E-state index in [1.54, 1.807) is 12.1 Å². The molecule has 2 aromatic rings. The third-order valence-electron chi connectivity index (χ3n) is 2.84. The maximum atomic E-state index is 12.6. The Labute approximate surface area is 119 Å². The van der Waals surface area contributed by atoms with Crippen molar-refractivity contribution in [2.24, 2.45) is 5.73 Å². The molecule has 1 aromatic carbocycles. The van der Waals surface area contributed by atoms with E-state index in [0.29, 0.717) is 17.8 Å². The van der Waals surface area contributed by atoms with Gasteiger partial charge in [0.2, 0.25) is 5.89 Å². The van der Waals surface area contributed by atoms with Crippen molar-refractivity contribution in [1.82, 2.24) is 10.1 Å². The number of hydrogen-bond acceptors (Lipinski definition) is 4. The monoisotopic (exact) mass is 297 g/mol. The molecule has 7 heteroatoms. The maximum absolute atomic E-state index is 12.6. The lowest BCUT2D eigenvalue weighted by Gasteiger charge is -2.07. The molecule has 0 aliphatic carbocycles. The summed E-state index contributed by atoms with van der Waals surface area (Å²) < 4.78 is 42.9. The fourth-order valence-electron chi connectivity index (χ4n) is 1.81. The van der Waals surface area contributed by atoms with E-state index in [0.717, 1.165) is 12.1 Å². The third-order valence-corrected chi connectivity index (χ3v) is 2.84. The van der Waals surface area contributed by atoms with Gasteiger partial charge in [0.05, 0.1) is 11.6 Å². The summed E-state index contributed by atoms with van der Waals surface area (Å²) in [4.78, 5) is 4.08. The molecule has 0 bridgehead atoms. The van der Waals surface area contributed by atoms with Gasteiger partial charge in [-0.3, -0.25) is 0 Å². The first-order valence-corrected chi connectivity index (χ1v) is 6.25. The van der Waals surface area contributed by atoms with Crippen molar-refractivity contribution in [2.45, 2.75) is 25.1 Å². The fraction of sp³-hybridized carbons (Fsp3) is 0.286. The molecule has 1 unspecified atom stereocenters. The zero-order chi connectivity index (χ0) is 15.5. The van der Waals surface area contributed by atoms with Gasteiger partial charge in [0, 0.05) is 6.42 Å². The second-order valence-corrected chi connectivity index (χ2v) is 4.55. The first-order valence-electron chi connectivity index (χ1n) is 6.25. The highest BCUT2D eigenvalue weighted by Crippen LogP contribution is 2.29. The van der Waals surface area contributed by atoms with Crippen LogP contribution in [0, 0.1) is 0 Å². The van der Waals surface area contributed by atoms with E-state index in [2.05, 4.69) is 16.7 Å². The van der Waals surface area contributed by atoms with Crippen LogP contribution in [0.25, 0.3) is 0 Å². The zero-order valence-corrected chi connectivity index (χ0v) is 11.1. The highest BCUT2D eigenvalue weighted by molar-refractivity contribution is 5.27.